The minimum Gasteiger partial charge on any atom is -0.351 e. The van der Waals surface area contributed by atoms with Crippen LogP contribution in [0.1, 0.15) is 27.2 Å². The number of benzene rings is 2. The monoisotopic (exact) mass is 310 g/mol. The SMILES string of the molecule is Cc1cc(C)c2cc(C(=O)N(C)Cc3ccccc3F)[nH]c2c1. The van der Waals surface area contributed by atoms with Crippen LogP contribution in [-0.4, -0.2) is 22.8 Å². The van der Waals surface area contributed by atoms with E-state index in [1.165, 1.54) is 11.0 Å². The van der Waals surface area contributed by atoms with Gasteiger partial charge in [0.1, 0.15) is 11.5 Å². The van der Waals surface area contributed by atoms with Crippen LogP contribution in [0.25, 0.3) is 10.9 Å². The van der Waals surface area contributed by atoms with E-state index in [1.807, 2.05) is 26.0 Å². The van der Waals surface area contributed by atoms with Crippen molar-refractivity contribution in [1.29, 1.82) is 0 Å². The highest BCUT2D eigenvalue weighted by atomic mass is 19.1. The first kappa shape index (κ1) is 15.3. The molecule has 1 N–H and O–H groups in total. The van der Waals surface area contributed by atoms with Gasteiger partial charge in [-0.15, -0.1) is 0 Å². The third kappa shape index (κ3) is 2.97. The van der Waals surface area contributed by atoms with E-state index in [-0.39, 0.29) is 18.3 Å². The molecule has 0 unspecified atom stereocenters. The first-order valence-electron chi connectivity index (χ1n) is 7.54. The molecule has 0 saturated heterocycles. The van der Waals surface area contributed by atoms with E-state index in [0.717, 1.165) is 22.0 Å². The van der Waals surface area contributed by atoms with E-state index in [1.54, 1.807) is 25.2 Å². The largest absolute Gasteiger partial charge is 0.351 e. The molecule has 1 amide bonds. The Hall–Kier alpha value is -2.62. The van der Waals surface area contributed by atoms with Crippen molar-refractivity contribution in [3.63, 3.8) is 0 Å². The number of nitrogens with zero attached hydrogens (tertiary/aromatic N) is 1. The van der Waals surface area contributed by atoms with Gasteiger partial charge in [0.15, 0.2) is 0 Å². The van der Waals surface area contributed by atoms with Crippen molar-refractivity contribution in [3.05, 3.63) is 70.7 Å². The summed E-state index contributed by atoms with van der Waals surface area (Å²) in [6.07, 6.45) is 0. The van der Waals surface area contributed by atoms with Gasteiger partial charge >= 0.3 is 0 Å². The summed E-state index contributed by atoms with van der Waals surface area (Å²) in [6, 6.07) is 12.5. The molecule has 3 nitrogen and oxygen atoms in total. The van der Waals surface area contributed by atoms with Crippen LogP contribution in [0.15, 0.2) is 42.5 Å². The fourth-order valence-electron chi connectivity index (χ4n) is 2.87. The van der Waals surface area contributed by atoms with Crippen LogP contribution >= 0.6 is 0 Å². The van der Waals surface area contributed by atoms with E-state index >= 15 is 0 Å². The highest BCUT2D eigenvalue weighted by Crippen LogP contribution is 2.22. The number of hydrogen-bond acceptors (Lipinski definition) is 1. The van der Waals surface area contributed by atoms with E-state index in [0.29, 0.717) is 11.3 Å². The molecule has 0 fully saturated rings. The van der Waals surface area contributed by atoms with Crippen LogP contribution < -0.4 is 0 Å². The Balaban J connectivity index is 1.88. The number of halogens is 1. The number of H-pyrrole nitrogens is 1. The summed E-state index contributed by atoms with van der Waals surface area (Å²) in [5.74, 6) is -0.447. The number of amides is 1. The van der Waals surface area contributed by atoms with Gasteiger partial charge in [0.2, 0.25) is 0 Å². The summed E-state index contributed by atoms with van der Waals surface area (Å²) in [5, 5.41) is 1.04. The van der Waals surface area contributed by atoms with Crippen molar-refractivity contribution in [3.8, 4) is 0 Å². The number of fused-ring (bicyclic) bond motifs is 1. The third-order valence-electron chi connectivity index (χ3n) is 4.03. The average Bonchev–Trinajstić information content (AvgIpc) is 2.93. The molecular weight excluding hydrogens is 291 g/mol. The van der Waals surface area contributed by atoms with Crippen LogP contribution in [0.3, 0.4) is 0 Å². The van der Waals surface area contributed by atoms with Gasteiger partial charge in [-0.2, -0.15) is 0 Å². The van der Waals surface area contributed by atoms with Gasteiger partial charge in [0, 0.05) is 30.1 Å². The molecule has 23 heavy (non-hydrogen) atoms. The second kappa shape index (κ2) is 5.88. The first-order valence-corrected chi connectivity index (χ1v) is 7.54. The van der Waals surface area contributed by atoms with Gasteiger partial charge in [0.25, 0.3) is 5.91 Å². The normalized spacial score (nSPS) is 11.0. The molecule has 0 atom stereocenters. The van der Waals surface area contributed by atoms with Crippen molar-refractivity contribution in [2.24, 2.45) is 0 Å². The highest BCUT2D eigenvalue weighted by Gasteiger charge is 2.16. The fraction of sp³-hybridized carbons (Fsp3) is 0.211. The van der Waals surface area contributed by atoms with Gasteiger partial charge in [-0.25, -0.2) is 4.39 Å². The number of carbonyl (C=O) groups is 1. The minimum absolute atomic E-state index is 0.151. The number of hydrogen-bond donors (Lipinski definition) is 1. The van der Waals surface area contributed by atoms with E-state index in [9.17, 15) is 9.18 Å². The number of aromatic amines is 1. The average molecular weight is 310 g/mol. The number of nitrogens with one attached hydrogen (secondary N) is 1. The van der Waals surface area contributed by atoms with Crippen molar-refractivity contribution in [2.45, 2.75) is 20.4 Å². The molecule has 1 aromatic heterocycles. The summed E-state index contributed by atoms with van der Waals surface area (Å²) in [4.78, 5) is 17.3. The number of rotatable bonds is 3. The molecule has 2 aromatic carbocycles. The van der Waals surface area contributed by atoms with Crippen molar-refractivity contribution >= 4 is 16.8 Å². The Labute approximate surface area is 134 Å². The van der Waals surface area contributed by atoms with Crippen molar-refractivity contribution in [2.75, 3.05) is 7.05 Å². The molecule has 4 heteroatoms. The van der Waals surface area contributed by atoms with Crippen molar-refractivity contribution in [1.82, 2.24) is 9.88 Å². The van der Waals surface area contributed by atoms with Crippen LogP contribution in [-0.2, 0) is 6.54 Å². The first-order chi connectivity index (χ1) is 11.0. The molecule has 0 radical (unpaired) electrons. The van der Waals surface area contributed by atoms with Gasteiger partial charge in [-0.3, -0.25) is 4.79 Å². The Kier molecular flexibility index (Phi) is 3.90. The molecule has 0 bridgehead atoms. The molecule has 0 aliphatic carbocycles. The lowest BCUT2D eigenvalue weighted by Gasteiger charge is -2.16. The Morgan fingerprint density at radius 2 is 1.91 bits per heavy atom. The highest BCUT2D eigenvalue weighted by molar-refractivity contribution is 5.98. The van der Waals surface area contributed by atoms with Gasteiger partial charge < -0.3 is 9.88 Å². The zero-order valence-electron chi connectivity index (χ0n) is 13.5. The lowest BCUT2D eigenvalue weighted by molar-refractivity contribution is 0.0779. The number of aryl methyl sites for hydroxylation is 2. The smallest absolute Gasteiger partial charge is 0.270 e. The number of carbonyl (C=O) groups excluding carboxylic acids is 1. The summed E-state index contributed by atoms with van der Waals surface area (Å²) in [6.45, 7) is 4.29. The van der Waals surface area contributed by atoms with Gasteiger partial charge in [-0.05, 0) is 43.2 Å². The van der Waals surface area contributed by atoms with E-state index < -0.39 is 0 Å². The van der Waals surface area contributed by atoms with Crippen molar-refractivity contribution < 1.29 is 9.18 Å². The molecule has 0 saturated carbocycles. The van der Waals surface area contributed by atoms with Crippen LogP contribution in [0, 0.1) is 19.7 Å². The van der Waals surface area contributed by atoms with E-state index in [2.05, 4.69) is 11.1 Å². The van der Waals surface area contributed by atoms with Crippen LogP contribution in [0.4, 0.5) is 4.39 Å². The van der Waals surface area contributed by atoms with Gasteiger partial charge in [-0.1, -0.05) is 24.3 Å². The molecule has 3 rings (SSSR count). The Morgan fingerprint density at radius 1 is 1.17 bits per heavy atom. The zero-order valence-corrected chi connectivity index (χ0v) is 13.5. The topological polar surface area (TPSA) is 36.1 Å². The minimum atomic E-state index is -0.296. The zero-order chi connectivity index (χ0) is 16.6. The summed E-state index contributed by atoms with van der Waals surface area (Å²) >= 11 is 0. The Bertz CT molecular complexity index is 882. The van der Waals surface area contributed by atoms with Crippen LogP contribution in [0.2, 0.25) is 0 Å². The lowest BCUT2D eigenvalue weighted by atomic mass is 10.1. The van der Waals surface area contributed by atoms with Crippen LogP contribution in [0.5, 0.6) is 0 Å². The Morgan fingerprint density at radius 3 is 2.65 bits per heavy atom. The number of aromatic nitrogens is 1. The maximum atomic E-state index is 13.7. The maximum Gasteiger partial charge on any atom is 0.270 e. The quantitative estimate of drug-likeness (QED) is 0.773. The second-order valence-corrected chi connectivity index (χ2v) is 5.98. The predicted molar refractivity (Wildman–Crippen MR) is 90.0 cm³/mol. The molecule has 0 aliphatic rings. The third-order valence-corrected chi connectivity index (χ3v) is 4.03. The fourth-order valence-corrected chi connectivity index (χ4v) is 2.87. The summed E-state index contributed by atoms with van der Waals surface area (Å²) < 4.78 is 13.7. The molecule has 1 heterocycles. The predicted octanol–water partition coefficient (Wildman–Crippen LogP) is 4.20. The molecule has 3 aromatic rings. The standard InChI is InChI=1S/C19H19FN2O/c1-12-8-13(2)15-10-18(21-17(15)9-12)19(23)22(3)11-14-6-4-5-7-16(14)20/h4-10,21H,11H2,1-3H3. The summed E-state index contributed by atoms with van der Waals surface area (Å²) in [7, 11) is 1.68. The molecule has 0 aliphatic heterocycles. The van der Waals surface area contributed by atoms with Gasteiger partial charge in [0.05, 0.1) is 0 Å². The molecule has 0 spiro atoms. The molecule has 118 valence electrons. The second-order valence-electron chi connectivity index (χ2n) is 5.98. The molecular formula is C19H19FN2O. The lowest BCUT2D eigenvalue weighted by Crippen LogP contribution is -2.26. The maximum absolute atomic E-state index is 13.7. The summed E-state index contributed by atoms with van der Waals surface area (Å²) in [5.41, 5.74) is 4.26. The van der Waals surface area contributed by atoms with E-state index in [4.69, 9.17) is 0 Å².